The summed E-state index contributed by atoms with van der Waals surface area (Å²) in [6.45, 7) is 1.23. The van der Waals surface area contributed by atoms with Gasteiger partial charge in [0, 0.05) is 32.0 Å². The van der Waals surface area contributed by atoms with E-state index < -0.39 is 0 Å². The molecule has 1 aliphatic rings. The van der Waals surface area contributed by atoms with Gasteiger partial charge in [-0.2, -0.15) is 0 Å². The lowest BCUT2D eigenvalue weighted by molar-refractivity contribution is 0.0596. The van der Waals surface area contributed by atoms with E-state index in [0.29, 0.717) is 32.5 Å². The first kappa shape index (κ1) is 18.8. The molecule has 4 rings (SSSR count). The van der Waals surface area contributed by atoms with Gasteiger partial charge >= 0.3 is 0 Å². The summed E-state index contributed by atoms with van der Waals surface area (Å²) < 4.78 is 13.3. The number of carbonyl (C=O) groups is 1. The number of aromatic nitrogens is 1. The topological polar surface area (TPSA) is 51.7 Å². The minimum Gasteiger partial charge on any atom is -0.497 e. The van der Waals surface area contributed by atoms with Crippen LogP contribution in [0.25, 0.3) is 10.2 Å². The fourth-order valence-electron chi connectivity index (χ4n) is 3.04. The molecule has 1 aliphatic heterocycles. The number of hydrogen-bond donors (Lipinski definition) is 0. The van der Waals surface area contributed by atoms with Crippen LogP contribution >= 0.6 is 45.9 Å². The van der Waals surface area contributed by atoms with Gasteiger partial charge in [0.05, 0.1) is 27.2 Å². The van der Waals surface area contributed by atoms with Crippen LogP contribution in [-0.4, -0.2) is 42.1 Å². The van der Waals surface area contributed by atoms with Crippen molar-refractivity contribution in [2.45, 2.75) is 18.9 Å². The Morgan fingerprint density at radius 1 is 1.22 bits per heavy atom. The summed E-state index contributed by atoms with van der Waals surface area (Å²) in [7, 11) is 1.64. The number of thiazole rings is 1. The van der Waals surface area contributed by atoms with Gasteiger partial charge in [-0.3, -0.25) is 4.79 Å². The van der Waals surface area contributed by atoms with Crippen LogP contribution in [-0.2, 0) is 0 Å². The summed E-state index contributed by atoms with van der Waals surface area (Å²) in [4.78, 5) is 18.9. The first-order valence-electron chi connectivity index (χ1n) is 8.39. The van der Waals surface area contributed by atoms with E-state index in [9.17, 15) is 4.79 Å². The largest absolute Gasteiger partial charge is 0.497 e. The number of carbonyl (C=O) groups excluding carboxylic acids is 1. The second kappa shape index (κ2) is 7.83. The molecule has 0 radical (unpaired) electrons. The van der Waals surface area contributed by atoms with Crippen molar-refractivity contribution in [1.82, 2.24) is 9.88 Å². The van der Waals surface area contributed by atoms with Crippen LogP contribution in [0, 0.1) is 0 Å². The molecular formula is C18H16Cl2N2O3S2. The Hall–Kier alpha value is -1.54. The number of piperidine rings is 1. The summed E-state index contributed by atoms with van der Waals surface area (Å²) >= 11 is 14.8. The maximum absolute atomic E-state index is 12.6. The molecule has 27 heavy (non-hydrogen) atoms. The third-order valence-corrected chi connectivity index (χ3v) is 6.87. The second-order valence-corrected chi connectivity index (χ2v) is 9.44. The van der Waals surface area contributed by atoms with Crippen molar-refractivity contribution in [2.24, 2.45) is 0 Å². The van der Waals surface area contributed by atoms with Gasteiger partial charge in [0.2, 0.25) is 0 Å². The van der Waals surface area contributed by atoms with Crippen molar-refractivity contribution >= 4 is 62.0 Å². The van der Waals surface area contributed by atoms with Crippen molar-refractivity contribution < 1.29 is 14.3 Å². The summed E-state index contributed by atoms with van der Waals surface area (Å²) in [6.07, 6.45) is 1.54. The average Bonchev–Trinajstić information content (AvgIpc) is 3.22. The zero-order chi connectivity index (χ0) is 19.0. The van der Waals surface area contributed by atoms with E-state index in [2.05, 4.69) is 4.98 Å². The number of hydrogen-bond acceptors (Lipinski definition) is 6. The normalized spacial score (nSPS) is 15.3. The first-order valence-corrected chi connectivity index (χ1v) is 10.8. The number of nitrogens with zero attached hydrogens (tertiary/aromatic N) is 2. The molecule has 0 unspecified atom stereocenters. The number of likely N-dealkylation sites (tertiary alicyclic amines) is 1. The average molecular weight is 443 g/mol. The lowest BCUT2D eigenvalue weighted by atomic mass is 10.1. The van der Waals surface area contributed by atoms with Crippen LogP contribution in [0.5, 0.6) is 10.9 Å². The van der Waals surface area contributed by atoms with Gasteiger partial charge in [0.15, 0.2) is 0 Å². The summed E-state index contributed by atoms with van der Waals surface area (Å²) in [5, 5.41) is 0.649. The molecule has 1 aromatic carbocycles. The van der Waals surface area contributed by atoms with Crippen molar-refractivity contribution in [2.75, 3.05) is 20.2 Å². The van der Waals surface area contributed by atoms with Crippen LogP contribution in [0.4, 0.5) is 0 Å². The summed E-state index contributed by atoms with van der Waals surface area (Å²) in [6, 6.07) is 7.43. The minimum absolute atomic E-state index is 0.0399. The van der Waals surface area contributed by atoms with Gasteiger partial charge in [-0.25, -0.2) is 4.98 Å². The lowest BCUT2D eigenvalue weighted by Gasteiger charge is -2.31. The molecule has 2 aromatic heterocycles. The molecule has 3 aromatic rings. The number of thiophene rings is 1. The number of fused-ring (bicyclic) bond motifs is 1. The number of rotatable bonds is 4. The Balaban J connectivity index is 1.38. The van der Waals surface area contributed by atoms with E-state index in [0.717, 1.165) is 28.8 Å². The number of ether oxygens (including phenoxy) is 2. The second-order valence-electron chi connectivity index (χ2n) is 6.16. The molecule has 9 heteroatoms. The van der Waals surface area contributed by atoms with Crippen LogP contribution in [0.1, 0.15) is 23.2 Å². The van der Waals surface area contributed by atoms with Gasteiger partial charge < -0.3 is 14.4 Å². The maximum atomic E-state index is 12.6. The van der Waals surface area contributed by atoms with Crippen LogP contribution in [0.3, 0.4) is 0 Å². The van der Waals surface area contributed by atoms with Crippen LogP contribution < -0.4 is 9.47 Å². The van der Waals surface area contributed by atoms with Gasteiger partial charge in [-0.15, -0.1) is 11.3 Å². The fraction of sp³-hybridized carbons (Fsp3) is 0.333. The lowest BCUT2D eigenvalue weighted by Crippen LogP contribution is -2.41. The highest BCUT2D eigenvalue weighted by molar-refractivity contribution is 7.20. The number of amides is 1. The van der Waals surface area contributed by atoms with E-state index in [-0.39, 0.29) is 12.0 Å². The Kier molecular flexibility index (Phi) is 5.45. The fourth-order valence-corrected chi connectivity index (χ4v) is 5.35. The molecule has 5 nitrogen and oxygen atoms in total. The molecule has 0 saturated carbocycles. The van der Waals surface area contributed by atoms with Crippen LogP contribution in [0.2, 0.25) is 8.67 Å². The Labute approximate surface area is 174 Å². The van der Waals surface area contributed by atoms with Gasteiger partial charge in [0.1, 0.15) is 16.2 Å². The molecule has 0 N–H and O–H groups in total. The molecule has 3 heterocycles. The van der Waals surface area contributed by atoms with Crippen LogP contribution in [0.15, 0.2) is 24.3 Å². The molecule has 1 fully saturated rings. The van der Waals surface area contributed by atoms with Crippen molar-refractivity contribution in [3.63, 3.8) is 0 Å². The predicted octanol–water partition coefficient (Wildman–Crippen LogP) is 5.36. The molecule has 142 valence electrons. The third kappa shape index (κ3) is 4.01. The zero-order valence-electron chi connectivity index (χ0n) is 14.4. The van der Waals surface area contributed by atoms with Gasteiger partial charge in [-0.05, 0) is 18.2 Å². The zero-order valence-corrected chi connectivity index (χ0v) is 17.6. The van der Waals surface area contributed by atoms with Crippen molar-refractivity contribution in [1.29, 1.82) is 0 Å². The third-order valence-electron chi connectivity index (χ3n) is 4.46. The van der Waals surface area contributed by atoms with E-state index in [1.54, 1.807) is 18.1 Å². The summed E-state index contributed by atoms with van der Waals surface area (Å²) in [5.41, 5.74) is 1.34. The van der Waals surface area contributed by atoms with Gasteiger partial charge in [0.25, 0.3) is 11.1 Å². The monoisotopic (exact) mass is 442 g/mol. The highest BCUT2D eigenvalue weighted by atomic mass is 35.5. The summed E-state index contributed by atoms with van der Waals surface area (Å²) in [5.74, 6) is 0.701. The molecule has 1 amide bonds. The minimum atomic E-state index is -0.0753. The molecule has 0 bridgehead atoms. The molecule has 0 atom stereocenters. The van der Waals surface area contributed by atoms with Gasteiger partial charge in [-0.1, -0.05) is 34.5 Å². The van der Waals surface area contributed by atoms with Crippen molar-refractivity contribution in [3.8, 4) is 10.9 Å². The first-order chi connectivity index (χ1) is 13.0. The number of halogens is 2. The number of benzene rings is 1. The quantitative estimate of drug-likeness (QED) is 0.545. The molecule has 0 aliphatic carbocycles. The Morgan fingerprint density at radius 3 is 2.67 bits per heavy atom. The SMILES string of the molecule is COc1ccc2sc(OC3CCN(C(=O)c4cc(Cl)sc4Cl)CC3)nc2c1. The van der Waals surface area contributed by atoms with E-state index in [4.69, 9.17) is 32.7 Å². The van der Waals surface area contributed by atoms with E-state index >= 15 is 0 Å². The molecule has 0 spiro atoms. The Morgan fingerprint density at radius 2 is 2.00 bits per heavy atom. The molecular weight excluding hydrogens is 427 g/mol. The predicted molar refractivity (Wildman–Crippen MR) is 110 cm³/mol. The molecule has 1 saturated heterocycles. The standard InChI is InChI=1S/C18H16Cl2N2O3S2/c1-24-11-2-3-14-13(8-11)21-18(26-14)25-10-4-6-22(7-5-10)17(23)12-9-15(19)27-16(12)20/h2-3,8-10H,4-7H2,1H3. The number of methoxy groups -OCH3 is 1. The maximum Gasteiger partial charge on any atom is 0.274 e. The Bertz CT molecular complexity index is 980. The highest BCUT2D eigenvalue weighted by Gasteiger charge is 2.27. The van der Waals surface area contributed by atoms with Crippen molar-refractivity contribution in [3.05, 3.63) is 38.5 Å². The van der Waals surface area contributed by atoms with E-state index in [1.165, 1.54) is 22.7 Å². The van der Waals surface area contributed by atoms with E-state index in [1.807, 2.05) is 18.2 Å². The highest BCUT2D eigenvalue weighted by Crippen LogP contribution is 2.34. The smallest absolute Gasteiger partial charge is 0.274 e.